The van der Waals surface area contributed by atoms with Crippen LogP contribution >= 0.6 is 0 Å². The molecule has 1 fully saturated rings. The molecule has 2 aliphatic heterocycles. The van der Waals surface area contributed by atoms with Crippen molar-refractivity contribution in [1.82, 2.24) is 20.0 Å². The predicted octanol–water partition coefficient (Wildman–Crippen LogP) is 1.93. The number of likely N-dealkylation sites (tertiary alicyclic amines) is 1. The Labute approximate surface area is 141 Å². The number of amides is 1. The van der Waals surface area contributed by atoms with E-state index in [2.05, 4.69) is 33.3 Å². The van der Waals surface area contributed by atoms with Gasteiger partial charge in [-0.25, -0.2) is 0 Å². The summed E-state index contributed by atoms with van der Waals surface area (Å²) in [7, 11) is 0. The number of rotatable bonds is 3. The summed E-state index contributed by atoms with van der Waals surface area (Å²) in [4.78, 5) is 17.2. The minimum Gasteiger partial charge on any atom is -0.424 e. The zero-order valence-electron chi connectivity index (χ0n) is 13.9. The van der Waals surface area contributed by atoms with Gasteiger partial charge >= 0.3 is 0 Å². The predicted molar refractivity (Wildman–Crippen MR) is 88.0 cm³/mol. The van der Waals surface area contributed by atoms with Gasteiger partial charge in [0.1, 0.15) is 0 Å². The summed E-state index contributed by atoms with van der Waals surface area (Å²) in [6, 6.07) is 8.22. The largest absolute Gasteiger partial charge is 0.424 e. The summed E-state index contributed by atoms with van der Waals surface area (Å²) in [6.07, 6.45) is 2.97. The molecule has 2 aromatic rings. The van der Waals surface area contributed by atoms with Gasteiger partial charge < -0.3 is 9.32 Å². The lowest BCUT2D eigenvalue weighted by molar-refractivity contribution is -0.137. The average Bonchev–Trinajstić information content (AvgIpc) is 3.25. The second-order valence-electron chi connectivity index (χ2n) is 6.64. The third kappa shape index (κ3) is 2.94. The zero-order valence-corrected chi connectivity index (χ0v) is 13.9. The van der Waals surface area contributed by atoms with Crippen molar-refractivity contribution in [2.75, 3.05) is 13.1 Å². The van der Waals surface area contributed by atoms with E-state index >= 15 is 0 Å². The maximum atomic E-state index is 13.0. The topological polar surface area (TPSA) is 62.5 Å². The van der Waals surface area contributed by atoms with Gasteiger partial charge in [-0.2, -0.15) is 0 Å². The minimum atomic E-state index is -0.148. The molecule has 2 aliphatic rings. The highest BCUT2D eigenvalue weighted by atomic mass is 16.4. The van der Waals surface area contributed by atoms with E-state index in [0.717, 1.165) is 38.9 Å². The van der Waals surface area contributed by atoms with Crippen molar-refractivity contribution in [3.05, 3.63) is 47.2 Å². The first-order chi connectivity index (χ1) is 11.7. The SMILES string of the molecule is Cc1nnc(CN2Cc3ccccc3C[C@@H]2C(=O)N2CCCC2)o1. The van der Waals surface area contributed by atoms with E-state index < -0.39 is 0 Å². The highest BCUT2D eigenvalue weighted by molar-refractivity contribution is 5.82. The molecule has 6 heteroatoms. The molecule has 126 valence electrons. The third-order valence-electron chi connectivity index (χ3n) is 4.95. The summed E-state index contributed by atoms with van der Waals surface area (Å²) < 4.78 is 5.54. The van der Waals surface area contributed by atoms with Crippen LogP contribution in [-0.4, -0.2) is 45.0 Å². The number of aryl methyl sites for hydroxylation is 1. The van der Waals surface area contributed by atoms with Gasteiger partial charge in [0.25, 0.3) is 0 Å². The number of aromatic nitrogens is 2. The van der Waals surface area contributed by atoms with Crippen molar-refractivity contribution in [2.24, 2.45) is 0 Å². The molecular formula is C18H22N4O2. The van der Waals surface area contributed by atoms with Crippen LogP contribution in [0.25, 0.3) is 0 Å². The van der Waals surface area contributed by atoms with E-state index in [1.54, 1.807) is 6.92 Å². The molecule has 0 saturated carbocycles. The molecule has 1 aromatic heterocycles. The first kappa shape index (κ1) is 15.3. The normalized spacial score (nSPS) is 21.0. The summed E-state index contributed by atoms with van der Waals surface area (Å²) >= 11 is 0. The van der Waals surface area contributed by atoms with Gasteiger partial charge in [0.2, 0.25) is 17.7 Å². The molecule has 1 atom stereocenters. The van der Waals surface area contributed by atoms with Crippen molar-refractivity contribution in [3.8, 4) is 0 Å². The Balaban J connectivity index is 1.60. The summed E-state index contributed by atoms with van der Waals surface area (Å²) in [5, 5.41) is 8.01. The quantitative estimate of drug-likeness (QED) is 0.862. The Bertz CT molecular complexity index is 736. The lowest BCUT2D eigenvalue weighted by Crippen LogP contribution is -2.50. The molecule has 1 amide bonds. The molecule has 4 rings (SSSR count). The van der Waals surface area contributed by atoms with Gasteiger partial charge in [-0.3, -0.25) is 9.69 Å². The van der Waals surface area contributed by atoms with Crippen molar-refractivity contribution < 1.29 is 9.21 Å². The van der Waals surface area contributed by atoms with Crippen LogP contribution in [0.15, 0.2) is 28.7 Å². The average molecular weight is 326 g/mol. The van der Waals surface area contributed by atoms with E-state index in [9.17, 15) is 4.79 Å². The maximum Gasteiger partial charge on any atom is 0.240 e. The van der Waals surface area contributed by atoms with Crippen LogP contribution in [0.3, 0.4) is 0 Å². The first-order valence-corrected chi connectivity index (χ1v) is 8.59. The number of carbonyl (C=O) groups excluding carboxylic acids is 1. The van der Waals surface area contributed by atoms with Crippen LogP contribution in [-0.2, 0) is 24.3 Å². The first-order valence-electron chi connectivity index (χ1n) is 8.59. The van der Waals surface area contributed by atoms with Gasteiger partial charge in [-0.1, -0.05) is 24.3 Å². The summed E-state index contributed by atoms with van der Waals surface area (Å²) in [5.74, 6) is 1.37. The number of fused-ring (bicyclic) bond motifs is 1. The van der Waals surface area contributed by atoms with E-state index in [4.69, 9.17) is 4.42 Å². The molecular weight excluding hydrogens is 304 g/mol. The Morgan fingerprint density at radius 1 is 1.21 bits per heavy atom. The number of carbonyl (C=O) groups is 1. The Kier molecular flexibility index (Phi) is 4.06. The number of benzene rings is 1. The highest BCUT2D eigenvalue weighted by Gasteiger charge is 2.35. The molecule has 0 N–H and O–H groups in total. The summed E-state index contributed by atoms with van der Waals surface area (Å²) in [5.41, 5.74) is 2.55. The third-order valence-corrected chi connectivity index (χ3v) is 4.95. The molecule has 24 heavy (non-hydrogen) atoms. The van der Waals surface area contributed by atoms with Crippen molar-refractivity contribution >= 4 is 5.91 Å². The molecule has 0 radical (unpaired) electrons. The second-order valence-corrected chi connectivity index (χ2v) is 6.64. The lowest BCUT2D eigenvalue weighted by Gasteiger charge is -2.37. The molecule has 1 saturated heterocycles. The Morgan fingerprint density at radius 2 is 1.96 bits per heavy atom. The van der Waals surface area contributed by atoms with Crippen LogP contribution in [0, 0.1) is 6.92 Å². The van der Waals surface area contributed by atoms with E-state index in [1.165, 1.54) is 11.1 Å². The van der Waals surface area contributed by atoms with Gasteiger partial charge in [0.15, 0.2) is 0 Å². The highest BCUT2D eigenvalue weighted by Crippen LogP contribution is 2.26. The fraction of sp³-hybridized carbons (Fsp3) is 0.500. The molecule has 0 unspecified atom stereocenters. The molecule has 3 heterocycles. The maximum absolute atomic E-state index is 13.0. The van der Waals surface area contributed by atoms with Crippen molar-refractivity contribution in [3.63, 3.8) is 0 Å². The fourth-order valence-electron chi connectivity index (χ4n) is 3.71. The molecule has 0 spiro atoms. The van der Waals surface area contributed by atoms with Gasteiger partial charge in [0, 0.05) is 26.6 Å². The van der Waals surface area contributed by atoms with E-state index in [-0.39, 0.29) is 11.9 Å². The monoisotopic (exact) mass is 326 g/mol. The molecule has 0 bridgehead atoms. The van der Waals surface area contributed by atoms with Crippen molar-refractivity contribution in [2.45, 2.75) is 45.3 Å². The Morgan fingerprint density at radius 3 is 2.67 bits per heavy atom. The van der Waals surface area contributed by atoms with Crippen molar-refractivity contribution in [1.29, 1.82) is 0 Å². The van der Waals surface area contributed by atoms with Crippen LogP contribution in [0.1, 0.15) is 35.7 Å². The fourth-order valence-corrected chi connectivity index (χ4v) is 3.71. The zero-order chi connectivity index (χ0) is 16.5. The Hall–Kier alpha value is -2.21. The molecule has 1 aromatic carbocycles. The second kappa shape index (κ2) is 6.36. The summed E-state index contributed by atoms with van der Waals surface area (Å²) in [6.45, 7) is 4.80. The number of nitrogens with zero attached hydrogens (tertiary/aromatic N) is 4. The minimum absolute atomic E-state index is 0.148. The van der Waals surface area contributed by atoms with Crippen LogP contribution in [0.2, 0.25) is 0 Å². The van der Waals surface area contributed by atoms with Crippen LogP contribution in [0.4, 0.5) is 0 Å². The lowest BCUT2D eigenvalue weighted by atomic mass is 9.93. The molecule has 6 nitrogen and oxygen atoms in total. The number of hydrogen-bond acceptors (Lipinski definition) is 5. The smallest absolute Gasteiger partial charge is 0.240 e. The van der Waals surface area contributed by atoms with E-state index in [1.807, 2.05) is 11.0 Å². The molecule has 0 aliphatic carbocycles. The van der Waals surface area contributed by atoms with Gasteiger partial charge in [0.05, 0.1) is 12.6 Å². The standard InChI is InChI=1S/C18H22N4O2/c1-13-19-20-17(24-13)12-22-11-15-7-3-2-6-14(15)10-16(22)18(23)21-8-4-5-9-21/h2-3,6-7,16H,4-5,8-12H2,1H3/t16-/m1/s1. The van der Waals surface area contributed by atoms with Crippen LogP contribution in [0.5, 0.6) is 0 Å². The van der Waals surface area contributed by atoms with E-state index in [0.29, 0.717) is 18.3 Å². The van der Waals surface area contributed by atoms with Gasteiger partial charge in [-0.15, -0.1) is 10.2 Å². The number of hydrogen-bond donors (Lipinski definition) is 0. The van der Waals surface area contributed by atoms with Gasteiger partial charge in [-0.05, 0) is 30.4 Å². The van der Waals surface area contributed by atoms with Crippen LogP contribution < -0.4 is 0 Å².